The maximum atomic E-state index is 12.7. The van der Waals surface area contributed by atoms with E-state index < -0.39 is 10.0 Å². The topological polar surface area (TPSA) is 53.5 Å². The summed E-state index contributed by atoms with van der Waals surface area (Å²) in [6.45, 7) is 6.22. The van der Waals surface area contributed by atoms with Gasteiger partial charge in [-0.25, -0.2) is 13.4 Å². The summed E-state index contributed by atoms with van der Waals surface area (Å²) in [7, 11) is -3.40. The van der Waals surface area contributed by atoms with Crippen molar-refractivity contribution in [3.05, 3.63) is 40.9 Å². The Morgan fingerprint density at radius 2 is 1.86 bits per heavy atom. The second-order valence-corrected chi connectivity index (χ2v) is 8.25. The van der Waals surface area contributed by atoms with E-state index in [1.807, 2.05) is 25.3 Å². The zero-order chi connectivity index (χ0) is 15.7. The number of benzene rings is 1. The van der Waals surface area contributed by atoms with Gasteiger partial charge in [0, 0.05) is 31.6 Å². The SMILES string of the molecule is Cc1cccc(S(=O)(=O)N2CCN(c3nc(C)cs3)CC2)c1. The van der Waals surface area contributed by atoms with Gasteiger partial charge < -0.3 is 4.90 Å². The van der Waals surface area contributed by atoms with E-state index in [0.717, 1.165) is 16.4 Å². The lowest BCUT2D eigenvalue weighted by Crippen LogP contribution is -2.48. The lowest BCUT2D eigenvalue weighted by atomic mass is 10.2. The Morgan fingerprint density at radius 3 is 2.45 bits per heavy atom. The van der Waals surface area contributed by atoms with E-state index in [0.29, 0.717) is 31.1 Å². The molecule has 0 bridgehead atoms. The van der Waals surface area contributed by atoms with Gasteiger partial charge in [-0.1, -0.05) is 12.1 Å². The molecule has 0 unspecified atom stereocenters. The summed E-state index contributed by atoms with van der Waals surface area (Å²) in [4.78, 5) is 7.00. The summed E-state index contributed by atoms with van der Waals surface area (Å²) in [6, 6.07) is 7.09. The second-order valence-electron chi connectivity index (χ2n) is 5.48. The van der Waals surface area contributed by atoms with Crippen molar-refractivity contribution in [3.8, 4) is 0 Å². The van der Waals surface area contributed by atoms with Gasteiger partial charge in [-0.3, -0.25) is 0 Å². The van der Waals surface area contributed by atoms with Crippen molar-refractivity contribution in [2.45, 2.75) is 18.7 Å². The minimum atomic E-state index is -3.40. The molecule has 2 aromatic rings. The van der Waals surface area contributed by atoms with Gasteiger partial charge in [-0.05, 0) is 31.5 Å². The number of piperazine rings is 1. The summed E-state index contributed by atoms with van der Waals surface area (Å²) < 4.78 is 26.9. The van der Waals surface area contributed by atoms with Gasteiger partial charge in [0.2, 0.25) is 10.0 Å². The summed E-state index contributed by atoms with van der Waals surface area (Å²) >= 11 is 1.61. The molecule has 1 saturated heterocycles. The lowest BCUT2D eigenvalue weighted by Gasteiger charge is -2.33. The number of hydrogen-bond acceptors (Lipinski definition) is 5. The minimum absolute atomic E-state index is 0.381. The molecule has 2 heterocycles. The number of hydrogen-bond donors (Lipinski definition) is 0. The van der Waals surface area contributed by atoms with E-state index >= 15 is 0 Å². The molecule has 7 heteroatoms. The van der Waals surface area contributed by atoms with Gasteiger partial charge in [-0.15, -0.1) is 11.3 Å². The highest BCUT2D eigenvalue weighted by Crippen LogP contribution is 2.24. The van der Waals surface area contributed by atoms with Gasteiger partial charge in [0.1, 0.15) is 0 Å². The average molecular weight is 337 g/mol. The monoisotopic (exact) mass is 337 g/mol. The van der Waals surface area contributed by atoms with E-state index in [-0.39, 0.29) is 0 Å². The number of rotatable bonds is 3. The fourth-order valence-corrected chi connectivity index (χ4v) is 4.92. The van der Waals surface area contributed by atoms with Crippen molar-refractivity contribution >= 4 is 26.5 Å². The molecule has 3 rings (SSSR count). The van der Waals surface area contributed by atoms with Crippen molar-refractivity contribution in [2.75, 3.05) is 31.1 Å². The van der Waals surface area contributed by atoms with Crippen LogP contribution in [0, 0.1) is 13.8 Å². The van der Waals surface area contributed by atoms with Crippen molar-refractivity contribution in [1.82, 2.24) is 9.29 Å². The molecule has 1 aromatic carbocycles. The van der Waals surface area contributed by atoms with Gasteiger partial charge in [0.25, 0.3) is 0 Å². The Morgan fingerprint density at radius 1 is 1.14 bits per heavy atom. The number of aryl methyl sites for hydroxylation is 2. The summed E-state index contributed by atoms with van der Waals surface area (Å²) in [5.74, 6) is 0. The number of anilines is 1. The molecular formula is C15H19N3O2S2. The van der Waals surface area contributed by atoms with Crippen LogP contribution in [0.5, 0.6) is 0 Å². The van der Waals surface area contributed by atoms with Gasteiger partial charge in [-0.2, -0.15) is 4.31 Å². The first-order valence-corrected chi connectivity index (χ1v) is 9.53. The molecule has 5 nitrogen and oxygen atoms in total. The Bertz CT molecular complexity index is 763. The van der Waals surface area contributed by atoms with Crippen molar-refractivity contribution in [2.24, 2.45) is 0 Å². The van der Waals surface area contributed by atoms with Gasteiger partial charge in [0.15, 0.2) is 5.13 Å². The molecule has 1 aliphatic heterocycles. The van der Waals surface area contributed by atoms with Crippen molar-refractivity contribution in [3.63, 3.8) is 0 Å². The quantitative estimate of drug-likeness (QED) is 0.862. The number of nitrogens with zero attached hydrogens (tertiary/aromatic N) is 3. The van der Waals surface area contributed by atoms with Crippen LogP contribution in [0.3, 0.4) is 0 Å². The van der Waals surface area contributed by atoms with Crippen molar-refractivity contribution in [1.29, 1.82) is 0 Å². The third-order valence-corrected chi connectivity index (χ3v) is 6.66. The maximum Gasteiger partial charge on any atom is 0.243 e. The Kier molecular flexibility index (Phi) is 4.20. The normalized spacial score (nSPS) is 16.9. The Balaban J connectivity index is 1.73. The molecule has 1 fully saturated rings. The fraction of sp³-hybridized carbons (Fsp3) is 0.400. The van der Waals surface area contributed by atoms with Crippen LogP contribution in [0.25, 0.3) is 0 Å². The second kappa shape index (κ2) is 5.98. The van der Waals surface area contributed by atoms with Crippen LogP contribution < -0.4 is 4.90 Å². The third-order valence-electron chi connectivity index (χ3n) is 3.74. The molecule has 0 N–H and O–H groups in total. The lowest BCUT2D eigenvalue weighted by molar-refractivity contribution is 0.384. The van der Waals surface area contributed by atoms with Crippen molar-refractivity contribution < 1.29 is 8.42 Å². The highest BCUT2D eigenvalue weighted by atomic mass is 32.2. The van der Waals surface area contributed by atoms with Gasteiger partial charge >= 0.3 is 0 Å². The Hall–Kier alpha value is -1.44. The molecule has 0 radical (unpaired) electrons. The van der Waals surface area contributed by atoms with E-state index in [4.69, 9.17) is 0 Å². The molecular weight excluding hydrogens is 318 g/mol. The predicted octanol–water partition coefficient (Wildman–Crippen LogP) is 2.27. The van der Waals surface area contributed by atoms with E-state index in [2.05, 4.69) is 9.88 Å². The molecule has 22 heavy (non-hydrogen) atoms. The number of sulfonamides is 1. The zero-order valence-corrected chi connectivity index (χ0v) is 14.3. The van der Waals surface area contributed by atoms with Gasteiger partial charge in [0.05, 0.1) is 10.6 Å². The first kappa shape index (κ1) is 15.5. The van der Waals surface area contributed by atoms with E-state index in [1.54, 1.807) is 33.8 Å². The van der Waals surface area contributed by atoms with E-state index in [9.17, 15) is 8.42 Å². The molecule has 118 valence electrons. The molecule has 0 spiro atoms. The zero-order valence-electron chi connectivity index (χ0n) is 12.7. The summed E-state index contributed by atoms with van der Waals surface area (Å²) in [5.41, 5.74) is 1.97. The van der Waals surface area contributed by atoms with Crippen LogP contribution in [0.4, 0.5) is 5.13 Å². The molecule has 1 aliphatic rings. The van der Waals surface area contributed by atoms with Crippen LogP contribution in [0.2, 0.25) is 0 Å². The van der Waals surface area contributed by atoms with E-state index in [1.165, 1.54) is 0 Å². The average Bonchev–Trinajstić information content (AvgIpc) is 2.94. The predicted molar refractivity (Wildman–Crippen MR) is 89.0 cm³/mol. The smallest absolute Gasteiger partial charge is 0.243 e. The maximum absolute atomic E-state index is 12.7. The first-order chi connectivity index (χ1) is 10.5. The van der Waals surface area contributed by atoms with Crippen LogP contribution in [0.1, 0.15) is 11.3 Å². The van der Waals surface area contributed by atoms with Crippen LogP contribution in [-0.4, -0.2) is 43.9 Å². The fourth-order valence-electron chi connectivity index (χ4n) is 2.53. The van der Waals surface area contributed by atoms with Crippen LogP contribution in [-0.2, 0) is 10.0 Å². The summed E-state index contributed by atoms with van der Waals surface area (Å²) in [5, 5.41) is 3.00. The molecule has 0 aliphatic carbocycles. The molecule has 0 amide bonds. The number of thiazole rings is 1. The van der Waals surface area contributed by atoms with Crippen LogP contribution >= 0.6 is 11.3 Å². The minimum Gasteiger partial charge on any atom is -0.345 e. The molecule has 0 saturated carbocycles. The number of aromatic nitrogens is 1. The Labute approximate surface area is 135 Å². The first-order valence-electron chi connectivity index (χ1n) is 7.21. The third kappa shape index (κ3) is 3.02. The standard InChI is InChI=1S/C15H19N3O2S2/c1-12-4-3-5-14(10-12)22(19,20)18-8-6-17(7-9-18)15-16-13(2)11-21-15/h3-5,10-11H,6-9H2,1-2H3. The summed E-state index contributed by atoms with van der Waals surface area (Å²) in [6.07, 6.45) is 0. The highest BCUT2D eigenvalue weighted by molar-refractivity contribution is 7.89. The van der Waals surface area contributed by atoms with Crippen LogP contribution in [0.15, 0.2) is 34.5 Å². The molecule has 0 atom stereocenters. The highest BCUT2D eigenvalue weighted by Gasteiger charge is 2.29. The molecule has 1 aromatic heterocycles. The largest absolute Gasteiger partial charge is 0.345 e.